The number of carbonyl (C=O) groups is 2. The Bertz CT molecular complexity index is 716. The van der Waals surface area contributed by atoms with Crippen molar-refractivity contribution in [2.24, 2.45) is 17.8 Å². The number of hydrogen-bond acceptors (Lipinski definition) is 3. The average molecular weight is 403 g/mol. The van der Waals surface area contributed by atoms with Crippen LogP contribution in [0.2, 0.25) is 0 Å². The van der Waals surface area contributed by atoms with Gasteiger partial charge in [0.1, 0.15) is 0 Å². The van der Waals surface area contributed by atoms with E-state index in [-0.39, 0.29) is 23.9 Å². The lowest BCUT2D eigenvalue weighted by Crippen LogP contribution is -3.11. The van der Waals surface area contributed by atoms with E-state index in [0.717, 1.165) is 52.5 Å². The van der Waals surface area contributed by atoms with Gasteiger partial charge in [-0.1, -0.05) is 12.1 Å². The Hall–Kier alpha value is -1.53. The number of benzene rings is 1. The Balaban J connectivity index is 1.27. The van der Waals surface area contributed by atoms with Gasteiger partial charge in [-0.15, -0.1) is 11.8 Å². The second-order valence-electron chi connectivity index (χ2n) is 9.31. The monoisotopic (exact) mass is 402 g/mol. The van der Waals surface area contributed by atoms with E-state index in [1.165, 1.54) is 19.3 Å². The molecule has 6 heteroatoms. The Morgan fingerprint density at radius 3 is 2.21 bits per heavy atom. The lowest BCUT2D eigenvalue weighted by Gasteiger charge is -2.56. The molecule has 4 aliphatic rings. The van der Waals surface area contributed by atoms with E-state index in [1.807, 2.05) is 37.6 Å². The molecule has 1 aromatic carbocycles. The number of carbonyl (C=O) groups excluding carboxylic acids is 2. The molecule has 0 heterocycles. The highest BCUT2D eigenvalue weighted by Crippen LogP contribution is 2.55. The summed E-state index contributed by atoms with van der Waals surface area (Å²) in [5, 5.41) is 6.38. The van der Waals surface area contributed by atoms with Crippen molar-refractivity contribution in [2.45, 2.75) is 49.0 Å². The van der Waals surface area contributed by atoms with Gasteiger partial charge in [-0.2, -0.15) is 0 Å². The normalized spacial score (nSPS) is 31.4. The lowest BCUT2D eigenvalue weighted by atomic mass is 9.53. The van der Waals surface area contributed by atoms with Crippen LogP contribution in [0, 0.1) is 17.8 Å². The summed E-state index contributed by atoms with van der Waals surface area (Å²) < 4.78 is 0. The molecule has 2 amide bonds. The zero-order valence-electron chi connectivity index (χ0n) is 16.9. The summed E-state index contributed by atoms with van der Waals surface area (Å²) in [4.78, 5) is 27.1. The quantitative estimate of drug-likeness (QED) is 0.611. The number of thioether (sulfide) groups is 1. The first-order chi connectivity index (χ1) is 13.4. The van der Waals surface area contributed by atoms with Gasteiger partial charge in [0, 0.05) is 10.4 Å². The van der Waals surface area contributed by atoms with E-state index in [9.17, 15) is 9.59 Å². The Kier molecular flexibility index (Phi) is 5.70. The minimum absolute atomic E-state index is 0.0473. The number of rotatable bonds is 7. The van der Waals surface area contributed by atoms with Gasteiger partial charge in [0.2, 0.25) is 0 Å². The smallest absolute Gasteiger partial charge is 0.279 e. The topological polar surface area (TPSA) is 62.6 Å². The third-order valence-electron chi connectivity index (χ3n) is 6.75. The Morgan fingerprint density at radius 2 is 1.61 bits per heavy atom. The molecule has 0 spiro atoms. The molecule has 4 aliphatic carbocycles. The van der Waals surface area contributed by atoms with Gasteiger partial charge in [-0.3, -0.25) is 9.59 Å². The van der Waals surface area contributed by atoms with Crippen LogP contribution in [-0.2, 0) is 9.59 Å². The van der Waals surface area contributed by atoms with Crippen LogP contribution >= 0.6 is 11.8 Å². The van der Waals surface area contributed by atoms with Gasteiger partial charge in [-0.25, -0.2) is 0 Å². The molecule has 4 bridgehead atoms. The molecule has 28 heavy (non-hydrogen) atoms. The first-order valence-electron chi connectivity index (χ1n) is 10.5. The molecular formula is C22H32N3O2S+. The maximum absolute atomic E-state index is 12.7. The van der Waals surface area contributed by atoms with Crippen molar-refractivity contribution in [1.29, 1.82) is 0 Å². The molecule has 0 aliphatic heterocycles. The summed E-state index contributed by atoms with van der Waals surface area (Å²) in [6.45, 7) is 0.635. The molecule has 4 saturated carbocycles. The van der Waals surface area contributed by atoms with Gasteiger partial charge in [-0.05, 0) is 74.7 Å². The fourth-order valence-corrected chi connectivity index (χ4v) is 6.71. The number of anilines is 1. The molecule has 4 fully saturated rings. The lowest BCUT2D eigenvalue weighted by molar-refractivity contribution is -0.862. The van der Waals surface area contributed by atoms with Crippen LogP contribution in [0.15, 0.2) is 29.2 Å². The number of amides is 2. The van der Waals surface area contributed by atoms with Crippen LogP contribution in [0.1, 0.15) is 38.5 Å². The van der Waals surface area contributed by atoms with Crippen molar-refractivity contribution >= 4 is 29.3 Å². The van der Waals surface area contributed by atoms with E-state index in [1.54, 1.807) is 11.8 Å². The molecule has 5 rings (SSSR count). The number of hydrogen-bond donors (Lipinski definition) is 3. The third-order valence-corrected chi connectivity index (χ3v) is 7.54. The highest BCUT2D eigenvalue weighted by Gasteiger charge is 2.51. The van der Waals surface area contributed by atoms with Crippen molar-refractivity contribution in [3.8, 4) is 0 Å². The molecule has 5 nitrogen and oxygen atoms in total. The Labute approximate surface area is 172 Å². The van der Waals surface area contributed by atoms with E-state index < -0.39 is 0 Å². The van der Waals surface area contributed by atoms with Crippen molar-refractivity contribution in [3.05, 3.63) is 24.3 Å². The summed E-state index contributed by atoms with van der Waals surface area (Å²) in [7, 11) is 1.92. The predicted octanol–water partition coefficient (Wildman–Crippen LogP) is 1.95. The van der Waals surface area contributed by atoms with Gasteiger partial charge >= 0.3 is 0 Å². The molecule has 0 saturated heterocycles. The largest absolute Gasteiger partial charge is 0.346 e. The van der Waals surface area contributed by atoms with Crippen molar-refractivity contribution in [2.75, 3.05) is 31.7 Å². The van der Waals surface area contributed by atoms with Crippen LogP contribution in [0.3, 0.4) is 0 Å². The van der Waals surface area contributed by atoms with Crippen molar-refractivity contribution in [3.63, 3.8) is 0 Å². The van der Waals surface area contributed by atoms with Gasteiger partial charge < -0.3 is 15.5 Å². The minimum atomic E-state index is -0.0541. The van der Waals surface area contributed by atoms with Crippen LogP contribution in [-0.4, -0.2) is 43.7 Å². The highest BCUT2D eigenvalue weighted by molar-refractivity contribution is 7.98. The number of likely N-dealkylation sites (N-methyl/N-ethyl adjacent to an activating group) is 1. The maximum Gasteiger partial charge on any atom is 0.279 e. The van der Waals surface area contributed by atoms with E-state index in [0.29, 0.717) is 6.54 Å². The first kappa shape index (κ1) is 19.8. The van der Waals surface area contributed by atoms with Crippen LogP contribution in [0.25, 0.3) is 0 Å². The van der Waals surface area contributed by atoms with Crippen LogP contribution in [0.5, 0.6) is 0 Å². The second-order valence-corrected chi connectivity index (χ2v) is 10.2. The summed E-state index contributed by atoms with van der Waals surface area (Å²) in [5.41, 5.74) is 0.886. The molecule has 0 aromatic heterocycles. The third kappa shape index (κ3) is 4.38. The van der Waals surface area contributed by atoms with E-state index in [4.69, 9.17) is 0 Å². The van der Waals surface area contributed by atoms with Crippen LogP contribution in [0.4, 0.5) is 5.69 Å². The number of quaternary nitrogens is 1. The second kappa shape index (κ2) is 8.07. The molecule has 1 unspecified atom stereocenters. The van der Waals surface area contributed by atoms with Gasteiger partial charge in [0.15, 0.2) is 13.1 Å². The maximum atomic E-state index is 12.7. The molecule has 0 radical (unpaired) electrons. The molecule has 3 N–H and O–H groups in total. The van der Waals surface area contributed by atoms with Crippen LogP contribution < -0.4 is 15.5 Å². The van der Waals surface area contributed by atoms with Crippen molar-refractivity contribution < 1.29 is 14.5 Å². The van der Waals surface area contributed by atoms with E-state index in [2.05, 4.69) is 10.6 Å². The number of para-hydroxylation sites is 1. The minimum Gasteiger partial charge on any atom is -0.346 e. The first-order valence-corrected chi connectivity index (χ1v) is 11.7. The summed E-state index contributed by atoms with van der Waals surface area (Å²) in [6.07, 6.45) is 9.60. The van der Waals surface area contributed by atoms with Gasteiger partial charge in [0.25, 0.3) is 11.8 Å². The average Bonchev–Trinajstić information content (AvgIpc) is 2.60. The summed E-state index contributed by atoms with van der Waals surface area (Å²) >= 11 is 1.61. The van der Waals surface area contributed by atoms with Crippen molar-refractivity contribution in [1.82, 2.24) is 5.32 Å². The summed E-state index contributed by atoms with van der Waals surface area (Å²) in [6, 6.07) is 7.80. The SMILES string of the molecule is CSc1ccccc1NC(=O)C[NH+](C)CC(=O)NC12CC3CC(CC(C3)C1)C2. The number of nitrogens with one attached hydrogen (secondary N) is 3. The standard InChI is InChI=1S/C22H31N3O2S/c1-25(13-20(26)23-18-5-3-4-6-19(18)28-2)14-21(27)24-22-10-15-7-16(11-22)9-17(8-15)12-22/h3-6,15-17H,7-14H2,1-2H3,(H,23,26)(H,24,27)/p+1. The molecular weight excluding hydrogens is 370 g/mol. The zero-order chi connectivity index (χ0) is 19.7. The zero-order valence-corrected chi connectivity index (χ0v) is 17.7. The van der Waals surface area contributed by atoms with E-state index >= 15 is 0 Å². The van der Waals surface area contributed by atoms with Gasteiger partial charge in [0.05, 0.1) is 12.7 Å². The fourth-order valence-electron chi connectivity index (χ4n) is 6.16. The Morgan fingerprint density at radius 1 is 1.04 bits per heavy atom. The molecule has 1 atom stereocenters. The summed E-state index contributed by atoms with van der Waals surface area (Å²) in [5.74, 6) is 2.50. The highest BCUT2D eigenvalue weighted by atomic mass is 32.2. The molecule has 152 valence electrons. The molecule has 1 aromatic rings. The predicted molar refractivity (Wildman–Crippen MR) is 113 cm³/mol. The fraction of sp³-hybridized carbons (Fsp3) is 0.636.